The summed E-state index contributed by atoms with van der Waals surface area (Å²) in [5.41, 5.74) is 0. The maximum Gasteiger partial charge on any atom is 0.101 e. The van der Waals surface area contributed by atoms with E-state index in [9.17, 15) is 0 Å². The Labute approximate surface area is 76.2 Å². The van der Waals surface area contributed by atoms with Gasteiger partial charge in [0.1, 0.15) is 5.03 Å². The molecule has 0 aliphatic carbocycles. The zero-order chi connectivity index (χ0) is 8.10. The Morgan fingerprint density at radius 2 is 2.45 bits per heavy atom. The number of aromatic nitrogens is 1. The van der Waals surface area contributed by atoms with E-state index < -0.39 is 0 Å². The van der Waals surface area contributed by atoms with Gasteiger partial charge in [0.2, 0.25) is 0 Å². The van der Waals surface area contributed by atoms with Crippen molar-refractivity contribution >= 4 is 28.2 Å². The Morgan fingerprint density at radius 3 is 3.00 bits per heavy atom. The predicted molar refractivity (Wildman–Crippen MR) is 53.0 cm³/mol. The summed E-state index contributed by atoms with van der Waals surface area (Å²) in [6, 6.07) is 5.83. The smallest absolute Gasteiger partial charge is 0.101 e. The fourth-order valence-electron chi connectivity index (χ4n) is 0.596. The average Bonchev–Trinajstić information content (AvgIpc) is 2.06. The third kappa shape index (κ3) is 2.99. The quantitative estimate of drug-likeness (QED) is 0.517. The molecule has 1 aromatic rings. The minimum absolute atomic E-state index is 0.927. The van der Waals surface area contributed by atoms with E-state index in [0.29, 0.717) is 0 Å². The van der Waals surface area contributed by atoms with Crippen LogP contribution in [-0.2, 0) is 0 Å². The molecule has 1 nitrogen and oxygen atoms in total. The van der Waals surface area contributed by atoms with Crippen LogP contribution in [-0.4, -0.2) is 9.18 Å². The topological polar surface area (TPSA) is 12.9 Å². The monoisotopic (exact) mass is 183 g/mol. The Bertz CT molecular complexity index is 233. The Balaban J connectivity index is 2.58. The van der Waals surface area contributed by atoms with E-state index in [1.54, 1.807) is 18.0 Å². The summed E-state index contributed by atoms with van der Waals surface area (Å²) in [6.45, 7) is 2.05. The van der Waals surface area contributed by atoms with Crippen molar-refractivity contribution in [2.45, 2.75) is 18.4 Å². The van der Waals surface area contributed by atoms with Gasteiger partial charge in [0.15, 0.2) is 0 Å². The molecule has 3 heteroatoms. The van der Waals surface area contributed by atoms with Crippen LogP contribution in [0.5, 0.6) is 0 Å². The number of hydrogen-bond donors (Lipinski definition) is 0. The van der Waals surface area contributed by atoms with Crippen molar-refractivity contribution in [1.82, 2.24) is 4.98 Å². The molecular formula is C8H9NS2. The lowest BCUT2D eigenvalue weighted by molar-refractivity contribution is 1.14. The molecule has 58 valence electrons. The summed E-state index contributed by atoms with van der Waals surface area (Å²) in [7, 11) is 0. The zero-order valence-corrected chi connectivity index (χ0v) is 7.91. The van der Waals surface area contributed by atoms with Gasteiger partial charge in [-0.3, -0.25) is 0 Å². The summed E-state index contributed by atoms with van der Waals surface area (Å²) in [6.07, 6.45) is 2.71. The first kappa shape index (κ1) is 8.68. The molecule has 0 aliphatic heterocycles. The second-order valence-electron chi connectivity index (χ2n) is 2.00. The lowest BCUT2D eigenvalue weighted by atomic mass is 10.5. The fraction of sp³-hybridized carbons (Fsp3) is 0.250. The SMILES string of the molecule is CCC(=S)Sc1ccccn1. The van der Waals surface area contributed by atoms with E-state index in [1.807, 2.05) is 18.2 Å². The highest BCUT2D eigenvalue weighted by Crippen LogP contribution is 2.17. The Hall–Kier alpha value is -0.410. The second-order valence-corrected chi connectivity index (χ2v) is 3.86. The maximum atomic E-state index is 5.06. The summed E-state index contributed by atoms with van der Waals surface area (Å²) < 4.78 is 0.990. The molecule has 0 N–H and O–H groups in total. The maximum absolute atomic E-state index is 5.06. The highest BCUT2D eigenvalue weighted by atomic mass is 32.2. The fourth-order valence-corrected chi connectivity index (χ4v) is 1.49. The summed E-state index contributed by atoms with van der Waals surface area (Å²) >= 11 is 6.62. The molecule has 0 fully saturated rings. The van der Waals surface area contributed by atoms with Gasteiger partial charge in [0, 0.05) is 6.20 Å². The van der Waals surface area contributed by atoms with Crippen molar-refractivity contribution < 1.29 is 0 Å². The van der Waals surface area contributed by atoms with Crippen molar-refractivity contribution in [3.05, 3.63) is 24.4 Å². The van der Waals surface area contributed by atoms with Crippen molar-refractivity contribution in [2.75, 3.05) is 0 Å². The van der Waals surface area contributed by atoms with Crippen LogP contribution in [0, 0.1) is 0 Å². The molecule has 0 aliphatic rings. The van der Waals surface area contributed by atoms with Crippen LogP contribution in [0.2, 0.25) is 0 Å². The van der Waals surface area contributed by atoms with E-state index in [-0.39, 0.29) is 0 Å². The summed E-state index contributed by atoms with van der Waals surface area (Å²) in [5.74, 6) is 0. The minimum atomic E-state index is 0.927. The molecule has 0 aromatic carbocycles. The van der Waals surface area contributed by atoms with Crippen LogP contribution in [0.15, 0.2) is 29.4 Å². The molecule has 1 rings (SSSR count). The lowest BCUT2D eigenvalue weighted by Gasteiger charge is -1.97. The molecule has 0 radical (unpaired) electrons. The highest BCUT2D eigenvalue weighted by Gasteiger charge is 1.96. The first-order valence-corrected chi connectivity index (χ1v) is 4.67. The second kappa shape index (κ2) is 4.46. The third-order valence-electron chi connectivity index (χ3n) is 1.14. The standard InChI is InChI=1S/C8H9NS2/c1-2-8(10)11-7-5-3-4-6-9-7/h3-6H,2H2,1H3. The molecule has 0 bridgehead atoms. The number of rotatable bonds is 2. The Morgan fingerprint density at radius 1 is 1.64 bits per heavy atom. The number of pyridine rings is 1. The zero-order valence-electron chi connectivity index (χ0n) is 6.28. The summed E-state index contributed by atoms with van der Waals surface area (Å²) in [5, 5.41) is 0.986. The van der Waals surface area contributed by atoms with Gasteiger partial charge in [0.25, 0.3) is 0 Å². The molecule has 0 saturated heterocycles. The molecule has 1 aromatic heterocycles. The highest BCUT2D eigenvalue weighted by molar-refractivity contribution is 8.23. The lowest BCUT2D eigenvalue weighted by Crippen LogP contribution is -1.85. The first-order chi connectivity index (χ1) is 5.33. The van der Waals surface area contributed by atoms with Crippen LogP contribution in [0.1, 0.15) is 13.3 Å². The number of thioether (sulfide) groups is 1. The Kier molecular flexibility index (Phi) is 3.52. The molecule has 0 atom stereocenters. The van der Waals surface area contributed by atoms with Gasteiger partial charge >= 0.3 is 0 Å². The number of thiocarbonyl (C=S) groups is 1. The minimum Gasteiger partial charge on any atom is -0.250 e. The van der Waals surface area contributed by atoms with Crippen molar-refractivity contribution in [3.63, 3.8) is 0 Å². The van der Waals surface area contributed by atoms with Crippen LogP contribution >= 0.6 is 24.0 Å². The van der Waals surface area contributed by atoms with Gasteiger partial charge in [-0.1, -0.05) is 37.0 Å². The third-order valence-corrected chi connectivity index (χ3v) is 2.65. The normalized spacial score (nSPS) is 9.55. The molecule has 1 heterocycles. The van der Waals surface area contributed by atoms with Crippen molar-refractivity contribution in [3.8, 4) is 0 Å². The van der Waals surface area contributed by atoms with Crippen molar-refractivity contribution in [2.24, 2.45) is 0 Å². The van der Waals surface area contributed by atoms with E-state index in [1.165, 1.54) is 0 Å². The number of nitrogens with zero attached hydrogens (tertiary/aromatic N) is 1. The number of hydrogen-bond acceptors (Lipinski definition) is 3. The van der Waals surface area contributed by atoms with E-state index in [2.05, 4.69) is 11.9 Å². The van der Waals surface area contributed by atoms with Crippen LogP contribution in [0.25, 0.3) is 0 Å². The van der Waals surface area contributed by atoms with Gasteiger partial charge in [-0.15, -0.1) is 0 Å². The largest absolute Gasteiger partial charge is 0.250 e. The molecule has 0 unspecified atom stereocenters. The van der Waals surface area contributed by atoms with E-state index in [0.717, 1.165) is 15.6 Å². The van der Waals surface area contributed by atoms with Crippen LogP contribution in [0.3, 0.4) is 0 Å². The molecule has 0 amide bonds. The van der Waals surface area contributed by atoms with Gasteiger partial charge in [-0.2, -0.15) is 0 Å². The van der Waals surface area contributed by atoms with Gasteiger partial charge in [-0.25, -0.2) is 4.98 Å². The van der Waals surface area contributed by atoms with Gasteiger partial charge < -0.3 is 0 Å². The van der Waals surface area contributed by atoms with Gasteiger partial charge in [0.05, 0.1) is 4.20 Å². The predicted octanol–water partition coefficient (Wildman–Crippen LogP) is 2.91. The van der Waals surface area contributed by atoms with Crippen LogP contribution < -0.4 is 0 Å². The van der Waals surface area contributed by atoms with E-state index >= 15 is 0 Å². The molecule has 0 spiro atoms. The molecule has 11 heavy (non-hydrogen) atoms. The molecular weight excluding hydrogens is 174 g/mol. The van der Waals surface area contributed by atoms with Crippen molar-refractivity contribution in [1.29, 1.82) is 0 Å². The molecule has 0 saturated carbocycles. The van der Waals surface area contributed by atoms with Crippen LogP contribution in [0.4, 0.5) is 0 Å². The first-order valence-electron chi connectivity index (χ1n) is 3.44. The summed E-state index contributed by atoms with van der Waals surface area (Å²) in [4.78, 5) is 4.14. The van der Waals surface area contributed by atoms with E-state index in [4.69, 9.17) is 12.2 Å². The van der Waals surface area contributed by atoms with Gasteiger partial charge in [-0.05, 0) is 18.6 Å². The average molecular weight is 183 g/mol.